The first-order chi connectivity index (χ1) is 11.5. The Hall–Kier alpha value is -1.11. The van der Waals surface area contributed by atoms with Crippen LogP contribution in [0.1, 0.15) is 25.3 Å². The molecule has 0 radical (unpaired) electrons. The number of thioether (sulfide) groups is 2. The molecule has 128 valence electrons. The number of carbonyl (C=O) groups is 1. The summed E-state index contributed by atoms with van der Waals surface area (Å²) in [6.07, 6.45) is 3.84. The average Bonchev–Trinajstić information content (AvgIpc) is 3.05. The predicted octanol–water partition coefficient (Wildman–Crippen LogP) is 3.56. The third-order valence-corrected chi connectivity index (χ3v) is 6.78. The fraction of sp³-hybridized carbons (Fsp3) is 0.412. The van der Waals surface area contributed by atoms with E-state index in [9.17, 15) is 4.79 Å². The van der Waals surface area contributed by atoms with Gasteiger partial charge in [-0.05, 0) is 37.5 Å². The first-order valence-electron chi connectivity index (χ1n) is 7.84. The maximum Gasteiger partial charge on any atom is 0.234 e. The van der Waals surface area contributed by atoms with Crippen molar-refractivity contribution in [3.63, 3.8) is 0 Å². The van der Waals surface area contributed by atoms with Crippen LogP contribution in [0, 0.1) is 0 Å². The van der Waals surface area contributed by atoms with Crippen molar-refractivity contribution < 1.29 is 4.79 Å². The maximum atomic E-state index is 12.4. The zero-order valence-electron chi connectivity index (χ0n) is 13.4. The van der Waals surface area contributed by atoms with Gasteiger partial charge in [-0.15, -0.1) is 11.8 Å². The van der Waals surface area contributed by atoms with E-state index >= 15 is 0 Å². The normalized spacial score (nSPS) is 26.7. The Morgan fingerprint density at radius 2 is 2.21 bits per heavy atom. The summed E-state index contributed by atoms with van der Waals surface area (Å²) in [5, 5.41) is 4.25. The van der Waals surface area contributed by atoms with E-state index in [4.69, 9.17) is 17.3 Å². The number of hydrogen-bond donors (Lipinski definition) is 2. The van der Waals surface area contributed by atoms with Gasteiger partial charge in [0.15, 0.2) is 5.17 Å². The topological polar surface area (TPSA) is 67.5 Å². The third-order valence-electron chi connectivity index (χ3n) is 4.19. The summed E-state index contributed by atoms with van der Waals surface area (Å²) < 4.78 is 0. The smallest absolute Gasteiger partial charge is 0.234 e. The molecule has 3 N–H and O–H groups in total. The van der Waals surface area contributed by atoms with Crippen molar-refractivity contribution in [1.29, 1.82) is 0 Å². The molecule has 0 bridgehead atoms. The Kier molecular flexibility index (Phi) is 5.47. The molecule has 7 heteroatoms. The van der Waals surface area contributed by atoms with Gasteiger partial charge in [0.25, 0.3) is 0 Å². The van der Waals surface area contributed by atoms with Crippen molar-refractivity contribution in [1.82, 2.24) is 5.32 Å². The standard InChI is InChI=1S/C17H20ClN3OS2/c1-17(8-9-23-16(19)21-17)14-7-6-13(24-14)15(22)20-10-11-2-4-12(18)5-3-11/h2-5,7,13H,6,8-10H2,1H3,(H2,19,21)(H,20,22). The van der Waals surface area contributed by atoms with E-state index in [1.807, 2.05) is 24.3 Å². The largest absolute Gasteiger partial charge is 0.379 e. The predicted molar refractivity (Wildman–Crippen MR) is 104 cm³/mol. The number of halogens is 1. The molecule has 0 aromatic heterocycles. The summed E-state index contributed by atoms with van der Waals surface area (Å²) in [5.41, 5.74) is 6.65. The van der Waals surface area contributed by atoms with Crippen LogP contribution >= 0.6 is 35.1 Å². The van der Waals surface area contributed by atoms with Gasteiger partial charge in [0.1, 0.15) is 0 Å². The number of nitrogens with two attached hydrogens (primary N) is 1. The first kappa shape index (κ1) is 17.7. The molecule has 3 rings (SSSR count). The van der Waals surface area contributed by atoms with E-state index in [0.717, 1.165) is 29.1 Å². The van der Waals surface area contributed by atoms with Crippen molar-refractivity contribution >= 4 is 46.2 Å². The van der Waals surface area contributed by atoms with Gasteiger partial charge in [-0.25, -0.2) is 0 Å². The number of carbonyl (C=O) groups excluding carboxylic acids is 1. The molecule has 2 atom stereocenters. The molecule has 1 aromatic carbocycles. The minimum absolute atomic E-state index is 0.0620. The van der Waals surface area contributed by atoms with Crippen LogP contribution in [0.4, 0.5) is 0 Å². The molecular formula is C17H20ClN3OS2. The van der Waals surface area contributed by atoms with E-state index in [-0.39, 0.29) is 16.7 Å². The van der Waals surface area contributed by atoms with Gasteiger partial charge in [-0.1, -0.05) is 41.6 Å². The van der Waals surface area contributed by atoms with E-state index in [1.165, 1.54) is 0 Å². The van der Waals surface area contributed by atoms with Crippen molar-refractivity contribution in [3.05, 3.63) is 45.8 Å². The lowest BCUT2D eigenvalue weighted by atomic mass is 9.98. The van der Waals surface area contributed by atoms with Gasteiger partial charge in [0.2, 0.25) is 5.91 Å². The summed E-state index contributed by atoms with van der Waals surface area (Å²) in [6.45, 7) is 2.62. The van der Waals surface area contributed by atoms with E-state index < -0.39 is 0 Å². The van der Waals surface area contributed by atoms with E-state index in [0.29, 0.717) is 16.7 Å². The number of nitrogens with one attached hydrogen (secondary N) is 1. The van der Waals surface area contributed by atoms with Crippen molar-refractivity contribution in [2.45, 2.75) is 37.1 Å². The number of aliphatic imine (C=N–C) groups is 1. The summed E-state index contributed by atoms with van der Waals surface area (Å²) >= 11 is 9.09. The number of allylic oxidation sites excluding steroid dienone is 1. The molecule has 2 unspecified atom stereocenters. The van der Waals surface area contributed by atoms with Gasteiger partial charge >= 0.3 is 0 Å². The molecule has 0 spiro atoms. The number of amidine groups is 1. The van der Waals surface area contributed by atoms with Crippen molar-refractivity contribution in [3.8, 4) is 0 Å². The lowest BCUT2D eigenvalue weighted by Crippen LogP contribution is -2.33. The number of rotatable bonds is 4. The van der Waals surface area contributed by atoms with Gasteiger partial charge < -0.3 is 11.1 Å². The monoisotopic (exact) mass is 381 g/mol. The molecule has 0 saturated heterocycles. The molecule has 2 aliphatic rings. The quantitative estimate of drug-likeness (QED) is 0.836. The zero-order chi connectivity index (χ0) is 17.2. The summed E-state index contributed by atoms with van der Waals surface area (Å²) in [7, 11) is 0. The van der Waals surface area contributed by atoms with Crippen molar-refractivity contribution in [2.75, 3.05) is 5.75 Å². The fourth-order valence-electron chi connectivity index (χ4n) is 2.74. The van der Waals surface area contributed by atoms with Gasteiger partial charge in [0, 0.05) is 22.2 Å². The van der Waals surface area contributed by atoms with Crippen LogP contribution in [0.5, 0.6) is 0 Å². The highest BCUT2D eigenvalue weighted by Crippen LogP contribution is 2.44. The molecule has 4 nitrogen and oxygen atoms in total. The molecule has 0 saturated carbocycles. The Morgan fingerprint density at radius 1 is 1.46 bits per heavy atom. The lowest BCUT2D eigenvalue weighted by Gasteiger charge is -2.30. The van der Waals surface area contributed by atoms with Crippen LogP contribution < -0.4 is 11.1 Å². The summed E-state index contributed by atoms with van der Waals surface area (Å²) in [4.78, 5) is 18.2. The highest BCUT2D eigenvalue weighted by molar-refractivity contribution is 8.13. The summed E-state index contributed by atoms with van der Waals surface area (Å²) in [6, 6.07) is 7.51. The molecule has 2 aliphatic heterocycles. The second-order valence-corrected chi connectivity index (χ2v) is 8.87. The minimum atomic E-state index is -0.273. The van der Waals surface area contributed by atoms with Crippen LogP contribution in [0.25, 0.3) is 0 Å². The van der Waals surface area contributed by atoms with Crippen LogP contribution in [0.3, 0.4) is 0 Å². The summed E-state index contributed by atoms with van der Waals surface area (Å²) in [5.74, 6) is 1.03. The maximum absolute atomic E-state index is 12.4. The number of hydrogen-bond acceptors (Lipinski definition) is 5. The van der Waals surface area contributed by atoms with Gasteiger partial charge in [-0.2, -0.15) is 0 Å². The van der Waals surface area contributed by atoms with Crippen LogP contribution in [-0.2, 0) is 11.3 Å². The molecule has 1 amide bonds. The Bertz CT molecular complexity index is 690. The second kappa shape index (κ2) is 7.42. The Balaban J connectivity index is 1.55. The average molecular weight is 382 g/mol. The van der Waals surface area contributed by atoms with Crippen LogP contribution in [-0.4, -0.2) is 27.6 Å². The molecule has 0 aliphatic carbocycles. The van der Waals surface area contributed by atoms with Gasteiger partial charge in [0.05, 0.1) is 10.8 Å². The minimum Gasteiger partial charge on any atom is -0.379 e. The van der Waals surface area contributed by atoms with E-state index in [2.05, 4.69) is 23.3 Å². The second-order valence-electron chi connectivity index (χ2n) is 6.08. The molecule has 1 aromatic rings. The third kappa shape index (κ3) is 4.10. The molecule has 2 heterocycles. The fourth-order valence-corrected chi connectivity index (χ4v) is 5.12. The first-order valence-corrected chi connectivity index (χ1v) is 10.1. The molecular weight excluding hydrogens is 362 g/mol. The van der Waals surface area contributed by atoms with Crippen LogP contribution in [0.15, 0.2) is 40.2 Å². The Morgan fingerprint density at radius 3 is 2.92 bits per heavy atom. The van der Waals surface area contributed by atoms with Gasteiger partial charge in [-0.3, -0.25) is 9.79 Å². The highest BCUT2D eigenvalue weighted by Gasteiger charge is 2.37. The number of benzene rings is 1. The zero-order valence-corrected chi connectivity index (χ0v) is 15.8. The van der Waals surface area contributed by atoms with Crippen molar-refractivity contribution in [2.24, 2.45) is 10.7 Å². The SMILES string of the molecule is CC1(C2=CCC(C(=O)NCc3ccc(Cl)cc3)S2)CCSC(N)=N1. The molecule has 0 fully saturated rings. The van der Waals surface area contributed by atoms with Crippen LogP contribution in [0.2, 0.25) is 5.02 Å². The lowest BCUT2D eigenvalue weighted by molar-refractivity contribution is -0.120. The molecule has 24 heavy (non-hydrogen) atoms. The number of nitrogens with zero attached hydrogens (tertiary/aromatic N) is 1. The van der Waals surface area contributed by atoms with E-state index in [1.54, 1.807) is 23.5 Å². The number of amides is 1. The highest BCUT2D eigenvalue weighted by atomic mass is 35.5. The Labute approximate surface area is 155 Å².